The van der Waals surface area contributed by atoms with Crippen LogP contribution >= 0.6 is 0 Å². The maximum Gasteiger partial charge on any atom is 0.0726 e. The number of para-hydroxylation sites is 1. The van der Waals surface area contributed by atoms with Crippen LogP contribution in [0.15, 0.2) is 42.7 Å². The van der Waals surface area contributed by atoms with Crippen molar-refractivity contribution in [2.75, 3.05) is 31.1 Å². The van der Waals surface area contributed by atoms with Crippen LogP contribution in [-0.4, -0.2) is 45.8 Å². The summed E-state index contributed by atoms with van der Waals surface area (Å²) < 4.78 is 2.01. The maximum absolute atomic E-state index is 4.81. The van der Waals surface area contributed by atoms with Crippen molar-refractivity contribution >= 4 is 16.6 Å². The quantitative estimate of drug-likeness (QED) is 0.692. The Hall–Kier alpha value is -2.40. The molecule has 4 rings (SSSR count). The summed E-state index contributed by atoms with van der Waals surface area (Å²) in [5, 5.41) is 5.68. The topological polar surface area (TPSA) is 37.2 Å². The molecule has 0 spiro atoms. The number of hydrogen-bond acceptors (Lipinski definition) is 4. The van der Waals surface area contributed by atoms with Gasteiger partial charge in [0.05, 0.1) is 11.7 Å². The summed E-state index contributed by atoms with van der Waals surface area (Å²) in [6, 6.07) is 10.8. The van der Waals surface area contributed by atoms with Gasteiger partial charge in [-0.15, -0.1) is 0 Å². The summed E-state index contributed by atoms with van der Waals surface area (Å²) in [4.78, 5) is 9.92. The fraction of sp³-hybridized carbons (Fsp3) is 0.455. The summed E-state index contributed by atoms with van der Waals surface area (Å²) in [6.07, 6.45) is 6.34. The van der Waals surface area contributed by atoms with E-state index >= 15 is 0 Å². The van der Waals surface area contributed by atoms with Crippen molar-refractivity contribution in [1.29, 1.82) is 0 Å². The van der Waals surface area contributed by atoms with E-state index < -0.39 is 0 Å². The number of nitrogens with zero attached hydrogens (tertiary/aromatic N) is 5. The molecule has 27 heavy (non-hydrogen) atoms. The summed E-state index contributed by atoms with van der Waals surface area (Å²) in [5.74, 6) is 0. The van der Waals surface area contributed by atoms with E-state index in [2.05, 4.69) is 65.3 Å². The van der Waals surface area contributed by atoms with E-state index in [1.165, 1.54) is 28.8 Å². The first-order valence-corrected chi connectivity index (χ1v) is 10.1. The third kappa shape index (κ3) is 3.98. The highest BCUT2D eigenvalue weighted by Crippen LogP contribution is 2.28. The van der Waals surface area contributed by atoms with Gasteiger partial charge in [-0.3, -0.25) is 14.6 Å². The molecule has 1 aliphatic rings. The molecule has 0 aliphatic carbocycles. The lowest BCUT2D eigenvalue weighted by Crippen LogP contribution is -2.30. The molecule has 0 unspecified atom stereocenters. The van der Waals surface area contributed by atoms with Gasteiger partial charge in [0.25, 0.3) is 0 Å². The average molecular weight is 364 g/mol. The second-order valence-electron chi connectivity index (χ2n) is 7.32. The molecule has 1 aromatic carbocycles. The highest BCUT2D eigenvalue weighted by molar-refractivity contribution is 5.92. The first-order valence-electron chi connectivity index (χ1n) is 10.1. The van der Waals surface area contributed by atoms with Crippen LogP contribution in [0.1, 0.15) is 31.5 Å². The minimum atomic E-state index is 0.933. The van der Waals surface area contributed by atoms with Gasteiger partial charge in [-0.25, -0.2) is 0 Å². The van der Waals surface area contributed by atoms with Gasteiger partial charge >= 0.3 is 0 Å². The van der Waals surface area contributed by atoms with Crippen LogP contribution in [0, 0.1) is 0 Å². The lowest BCUT2D eigenvalue weighted by molar-refractivity contribution is 0.285. The summed E-state index contributed by atoms with van der Waals surface area (Å²) in [7, 11) is 0. The second-order valence-corrected chi connectivity index (χ2v) is 7.32. The number of hydrogen-bond donors (Lipinski definition) is 0. The molecule has 5 heteroatoms. The molecule has 0 atom stereocenters. The minimum Gasteiger partial charge on any atom is -0.370 e. The van der Waals surface area contributed by atoms with Crippen LogP contribution in [0.4, 0.5) is 5.69 Å². The highest BCUT2D eigenvalue weighted by Gasteiger charge is 2.18. The van der Waals surface area contributed by atoms with E-state index in [0.717, 1.165) is 51.2 Å². The molecular formula is C22H29N5. The van der Waals surface area contributed by atoms with E-state index in [4.69, 9.17) is 4.98 Å². The Morgan fingerprint density at radius 2 is 1.93 bits per heavy atom. The summed E-state index contributed by atoms with van der Waals surface area (Å²) in [5.41, 5.74) is 4.95. The Kier molecular flexibility index (Phi) is 5.39. The number of pyridine rings is 1. The Balaban J connectivity index is 1.52. The fourth-order valence-electron chi connectivity index (χ4n) is 3.94. The van der Waals surface area contributed by atoms with Gasteiger partial charge in [0.1, 0.15) is 0 Å². The van der Waals surface area contributed by atoms with Gasteiger partial charge < -0.3 is 4.90 Å². The van der Waals surface area contributed by atoms with E-state index in [0.29, 0.717) is 0 Å². The largest absolute Gasteiger partial charge is 0.370 e. The predicted molar refractivity (Wildman–Crippen MR) is 111 cm³/mol. The molecule has 142 valence electrons. The van der Waals surface area contributed by atoms with Crippen molar-refractivity contribution in [2.45, 2.75) is 39.8 Å². The van der Waals surface area contributed by atoms with Gasteiger partial charge in [0.2, 0.25) is 0 Å². The molecule has 3 aromatic rings. The molecular weight excluding hydrogens is 334 g/mol. The van der Waals surface area contributed by atoms with E-state index in [1.807, 2.05) is 10.9 Å². The van der Waals surface area contributed by atoms with Crippen LogP contribution in [0.25, 0.3) is 10.9 Å². The number of benzene rings is 1. The number of rotatable bonds is 5. The zero-order valence-electron chi connectivity index (χ0n) is 16.4. The third-order valence-corrected chi connectivity index (χ3v) is 5.46. The molecule has 1 saturated heterocycles. The number of fused-ring (bicyclic) bond motifs is 1. The average Bonchev–Trinajstić information content (AvgIpc) is 3.04. The standard InChI is InChI=1S/C22H29N5/c1-3-19-14-22(20-8-5-6-9-21(20)24-19)26-11-7-10-25(12-13-26)16-18-15-23-27(4-2)17-18/h5-6,8-9,14-15,17H,3-4,7,10-13,16H2,1-2H3. The van der Waals surface area contributed by atoms with Crippen molar-refractivity contribution in [1.82, 2.24) is 19.7 Å². The van der Waals surface area contributed by atoms with Crippen LogP contribution in [0.5, 0.6) is 0 Å². The SMILES string of the molecule is CCc1cc(N2CCCN(Cc3cnn(CC)c3)CC2)c2ccccc2n1. The molecule has 2 aromatic heterocycles. The number of aryl methyl sites for hydroxylation is 2. The molecule has 0 N–H and O–H groups in total. The molecule has 1 fully saturated rings. The number of aromatic nitrogens is 3. The zero-order chi connectivity index (χ0) is 18.6. The normalized spacial score (nSPS) is 16.0. The molecule has 0 amide bonds. The van der Waals surface area contributed by atoms with Gasteiger partial charge in [-0.2, -0.15) is 5.10 Å². The smallest absolute Gasteiger partial charge is 0.0726 e. The van der Waals surface area contributed by atoms with Crippen LogP contribution < -0.4 is 4.90 Å². The van der Waals surface area contributed by atoms with E-state index in [1.54, 1.807) is 0 Å². The van der Waals surface area contributed by atoms with Crippen LogP contribution in [-0.2, 0) is 19.5 Å². The van der Waals surface area contributed by atoms with Gasteiger partial charge in [0, 0.05) is 67.8 Å². The predicted octanol–water partition coefficient (Wildman–Crippen LogP) is 3.73. The lowest BCUT2D eigenvalue weighted by Gasteiger charge is -2.25. The van der Waals surface area contributed by atoms with Crippen LogP contribution in [0.3, 0.4) is 0 Å². The third-order valence-electron chi connectivity index (χ3n) is 5.46. The lowest BCUT2D eigenvalue weighted by atomic mass is 10.1. The Labute approximate surface area is 161 Å². The first kappa shape index (κ1) is 18.0. The molecule has 0 radical (unpaired) electrons. The summed E-state index contributed by atoms with van der Waals surface area (Å²) in [6.45, 7) is 10.6. The molecule has 0 bridgehead atoms. The highest BCUT2D eigenvalue weighted by atomic mass is 15.3. The zero-order valence-corrected chi connectivity index (χ0v) is 16.4. The molecule has 0 saturated carbocycles. The van der Waals surface area contributed by atoms with Gasteiger partial charge in [0.15, 0.2) is 0 Å². The minimum absolute atomic E-state index is 0.933. The molecule has 5 nitrogen and oxygen atoms in total. The van der Waals surface area contributed by atoms with Gasteiger partial charge in [-0.05, 0) is 31.9 Å². The summed E-state index contributed by atoms with van der Waals surface area (Å²) >= 11 is 0. The maximum atomic E-state index is 4.81. The van der Waals surface area contributed by atoms with E-state index in [9.17, 15) is 0 Å². The molecule has 1 aliphatic heterocycles. The van der Waals surface area contributed by atoms with Crippen molar-refractivity contribution in [3.8, 4) is 0 Å². The van der Waals surface area contributed by atoms with Crippen molar-refractivity contribution < 1.29 is 0 Å². The fourth-order valence-corrected chi connectivity index (χ4v) is 3.94. The van der Waals surface area contributed by atoms with Crippen LogP contribution in [0.2, 0.25) is 0 Å². The Bertz CT molecular complexity index is 901. The Morgan fingerprint density at radius 1 is 1.04 bits per heavy atom. The van der Waals surface area contributed by atoms with Crippen molar-refractivity contribution in [2.24, 2.45) is 0 Å². The van der Waals surface area contributed by atoms with Crippen molar-refractivity contribution in [3.05, 3.63) is 54.0 Å². The second kappa shape index (κ2) is 8.09. The monoisotopic (exact) mass is 363 g/mol. The first-order chi connectivity index (χ1) is 13.3. The number of anilines is 1. The van der Waals surface area contributed by atoms with Gasteiger partial charge in [-0.1, -0.05) is 25.1 Å². The van der Waals surface area contributed by atoms with Crippen molar-refractivity contribution in [3.63, 3.8) is 0 Å². The Morgan fingerprint density at radius 3 is 2.74 bits per heavy atom. The van der Waals surface area contributed by atoms with E-state index in [-0.39, 0.29) is 0 Å². The molecule has 3 heterocycles.